The van der Waals surface area contributed by atoms with Gasteiger partial charge in [0.1, 0.15) is 5.82 Å². The van der Waals surface area contributed by atoms with Gasteiger partial charge in [-0.15, -0.1) is 0 Å². The van der Waals surface area contributed by atoms with Crippen LogP contribution in [0.2, 0.25) is 0 Å². The van der Waals surface area contributed by atoms with Crippen LogP contribution in [0.25, 0.3) is 0 Å². The van der Waals surface area contributed by atoms with Gasteiger partial charge >= 0.3 is 6.18 Å². The molecular formula is C13H13F4NO2. The van der Waals surface area contributed by atoms with E-state index in [0.29, 0.717) is 31.9 Å². The summed E-state index contributed by atoms with van der Waals surface area (Å²) >= 11 is 0. The van der Waals surface area contributed by atoms with Crippen molar-refractivity contribution in [3.05, 3.63) is 35.1 Å². The number of halogens is 4. The highest BCUT2D eigenvalue weighted by Crippen LogP contribution is 2.31. The van der Waals surface area contributed by atoms with Crippen molar-refractivity contribution in [1.29, 1.82) is 0 Å². The summed E-state index contributed by atoms with van der Waals surface area (Å²) in [7, 11) is 0. The van der Waals surface area contributed by atoms with Crippen LogP contribution in [0.15, 0.2) is 18.2 Å². The molecule has 1 N–H and O–H groups in total. The number of nitrogens with one attached hydrogen (secondary N) is 1. The van der Waals surface area contributed by atoms with Crippen molar-refractivity contribution in [2.45, 2.75) is 18.6 Å². The molecule has 0 amide bonds. The number of ketones is 1. The van der Waals surface area contributed by atoms with Crippen molar-refractivity contribution in [2.24, 2.45) is 0 Å². The molecule has 2 rings (SSSR count). The molecule has 7 heteroatoms. The number of Topliss-reactive ketones (excluding diaryl/α,β-unsaturated/α-hetero) is 1. The number of carbonyl (C=O) groups is 1. The van der Waals surface area contributed by atoms with Crippen molar-refractivity contribution >= 4 is 5.78 Å². The van der Waals surface area contributed by atoms with E-state index >= 15 is 0 Å². The summed E-state index contributed by atoms with van der Waals surface area (Å²) in [5.74, 6) is -1.85. The predicted molar refractivity (Wildman–Crippen MR) is 63.0 cm³/mol. The Balaban J connectivity index is 2.09. The van der Waals surface area contributed by atoms with Crippen LogP contribution in [0.3, 0.4) is 0 Å². The molecule has 1 aliphatic rings. The third-order valence-corrected chi connectivity index (χ3v) is 3.03. The van der Waals surface area contributed by atoms with E-state index < -0.39 is 23.3 Å². The van der Waals surface area contributed by atoms with E-state index in [9.17, 15) is 22.4 Å². The molecule has 20 heavy (non-hydrogen) atoms. The highest BCUT2D eigenvalue weighted by atomic mass is 19.4. The SMILES string of the molecule is O=C(CC1COCCN1)c1ccc(C(F)(F)F)c(F)c1. The van der Waals surface area contributed by atoms with Crippen molar-refractivity contribution < 1.29 is 27.1 Å². The molecule has 0 aromatic heterocycles. The zero-order valence-corrected chi connectivity index (χ0v) is 10.5. The predicted octanol–water partition coefficient (Wildman–Crippen LogP) is 2.41. The standard InChI is InChI=1S/C13H13F4NO2/c14-11-5-8(1-2-10(11)13(15,16)17)12(19)6-9-7-20-4-3-18-9/h1-2,5,9,18H,3-4,6-7H2. The average molecular weight is 291 g/mol. The highest BCUT2D eigenvalue weighted by Gasteiger charge is 2.34. The minimum atomic E-state index is -4.76. The summed E-state index contributed by atoms with van der Waals surface area (Å²) in [6, 6.07) is 2.03. The fourth-order valence-electron chi connectivity index (χ4n) is 2.01. The molecule has 1 aromatic rings. The quantitative estimate of drug-likeness (QED) is 0.686. The zero-order chi connectivity index (χ0) is 14.8. The molecule has 3 nitrogen and oxygen atoms in total. The van der Waals surface area contributed by atoms with Gasteiger partial charge in [-0.2, -0.15) is 13.2 Å². The van der Waals surface area contributed by atoms with E-state index in [1.165, 1.54) is 0 Å². The molecule has 1 unspecified atom stereocenters. The van der Waals surface area contributed by atoms with Crippen LogP contribution in [-0.4, -0.2) is 31.6 Å². The van der Waals surface area contributed by atoms with Crippen LogP contribution in [0, 0.1) is 5.82 Å². The van der Waals surface area contributed by atoms with E-state index in [4.69, 9.17) is 4.74 Å². The number of hydrogen-bond acceptors (Lipinski definition) is 3. The Morgan fingerprint density at radius 2 is 2.15 bits per heavy atom. The van der Waals surface area contributed by atoms with Crippen molar-refractivity contribution in [3.8, 4) is 0 Å². The summed E-state index contributed by atoms with van der Waals surface area (Å²) in [5, 5.41) is 3.05. The number of benzene rings is 1. The molecule has 0 bridgehead atoms. The first-order valence-corrected chi connectivity index (χ1v) is 6.09. The van der Waals surface area contributed by atoms with Gasteiger partial charge in [0.25, 0.3) is 0 Å². The molecule has 0 radical (unpaired) electrons. The molecule has 0 spiro atoms. The summed E-state index contributed by atoms with van der Waals surface area (Å²) in [4.78, 5) is 11.9. The fraction of sp³-hybridized carbons (Fsp3) is 0.462. The summed E-state index contributed by atoms with van der Waals surface area (Å²) in [6.07, 6.45) is -4.70. The summed E-state index contributed by atoms with van der Waals surface area (Å²) in [6.45, 7) is 1.52. The van der Waals surface area contributed by atoms with E-state index in [1.54, 1.807) is 0 Å². The van der Waals surface area contributed by atoms with Gasteiger partial charge in [0.2, 0.25) is 0 Å². The molecule has 1 saturated heterocycles. The average Bonchev–Trinajstić information content (AvgIpc) is 2.38. The Labute approximate surface area is 112 Å². The van der Waals surface area contributed by atoms with Gasteiger partial charge in [-0.3, -0.25) is 4.79 Å². The number of rotatable bonds is 3. The van der Waals surface area contributed by atoms with Gasteiger partial charge in [0, 0.05) is 24.6 Å². The number of ether oxygens (including phenoxy) is 1. The van der Waals surface area contributed by atoms with Crippen molar-refractivity contribution in [3.63, 3.8) is 0 Å². The zero-order valence-electron chi connectivity index (χ0n) is 10.5. The van der Waals surface area contributed by atoms with Crippen LogP contribution in [0.5, 0.6) is 0 Å². The third kappa shape index (κ3) is 3.55. The van der Waals surface area contributed by atoms with Crippen LogP contribution in [-0.2, 0) is 10.9 Å². The molecule has 1 aromatic carbocycles. The molecule has 1 fully saturated rings. The number of hydrogen-bond donors (Lipinski definition) is 1. The summed E-state index contributed by atoms with van der Waals surface area (Å²) < 4.78 is 55.7. The lowest BCUT2D eigenvalue weighted by Crippen LogP contribution is -2.42. The van der Waals surface area contributed by atoms with Crippen molar-refractivity contribution in [2.75, 3.05) is 19.8 Å². The van der Waals surface area contributed by atoms with Gasteiger partial charge in [-0.05, 0) is 12.1 Å². The second-order valence-electron chi connectivity index (χ2n) is 4.55. The van der Waals surface area contributed by atoms with E-state index in [0.717, 1.165) is 6.07 Å². The van der Waals surface area contributed by atoms with E-state index in [2.05, 4.69) is 5.32 Å². The maximum Gasteiger partial charge on any atom is 0.419 e. The van der Waals surface area contributed by atoms with Crippen LogP contribution in [0.4, 0.5) is 17.6 Å². The Bertz CT molecular complexity index is 496. The molecule has 110 valence electrons. The number of morpholine rings is 1. The first-order chi connectivity index (χ1) is 9.38. The molecule has 1 atom stereocenters. The van der Waals surface area contributed by atoms with Crippen LogP contribution < -0.4 is 5.32 Å². The Morgan fingerprint density at radius 1 is 1.40 bits per heavy atom. The molecule has 1 heterocycles. The lowest BCUT2D eigenvalue weighted by Gasteiger charge is -2.23. The van der Waals surface area contributed by atoms with Crippen molar-refractivity contribution in [1.82, 2.24) is 5.32 Å². The molecule has 1 aliphatic heterocycles. The highest BCUT2D eigenvalue weighted by molar-refractivity contribution is 5.96. The Morgan fingerprint density at radius 3 is 2.70 bits per heavy atom. The Kier molecular flexibility index (Phi) is 4.39. The van der Waals surface area contributed by atoms with E-state index in [1.807, 2.05) is 0 Å². The van der Waals surface area contributed by atoms with Crippen LogP contribution >= 0.6 is 0 Å². The topological polar surface area (TPSA) is 38.3 Å². The molecule has 0 saturated carbocycles. The second-order valence-corrected chi connectivity index (χ2v) is 4.55. The minimum Gasteiger partial charge on any atom is -0.378 e. The lowest BCUT2D eigenvalue weighted by molar-refractivity contribution is -0.140. The molecular weight excluding hydrogens is 278 g/mol. The maximum atomic E-state index is 13.4. The van der Waals surface area contributed by atoms with Gasteiger partial charge < -0.3 is 10.1 Å². The maximum absolute atomic E-state index is 13.4. The number of carbonyl (C=O) groups excluding carboxylic acids is 1. The Hall–Kier alpha value is -1.47. The van der Waals surface area contributed by atoms with E-state index in [-0.39, 0.29) is 18.0 Å². The minimum absolute atomic E-state index is 0.0603. The van der Waals surface area contributed by atoms with Gasteiger partial charge in [0.05, 0.1) is 18.8 Å². The first kappa shape index (κ1) is 14.9. The fourth-order valence-corrected chi connectivity index (χ4v) is 2.01. The van der Waals surface area contributed by atoms with Gasteiger partial charge in [-0.1, -0.05) is 6.07 Å². The number of alkyl halides is 3. The monoisotopic (exact) mass is 291 g/mol. The molecule has 0 aliphatic carbocycles. The largest absolute Gasteiger partial charge is 0.419 e. The third-order valence-electron chi connectivity index (χ3n) is 3.03. The van der Waals surface area contributed by atoms with Gasteiger partial charge in [0.15, 0.2) is 5.78 Å². The summed E-state index contributed by atoms with van der Waals surface area (Å²) in [5.41, 5.74) is -1.43. The van der Waals surface area contributed by atoms with Gasteiger partial charge in [-0.25, -0.2) is 4.39 Å². The van der Waals surface area contributed by atoms with Crippen LogP contribution in [0.1, 0.15) is 22.3 Å². The normalized spacial score (nSPS) is 19.9. The second kappa shape index (κ2) is 5.88. The smallest absolute Gasteiger partial charge is 0.378 e. The lowest BCUT2D eigenvalue weighted by atomic mass is 10.0. The first-order valence-electron chi connectivity index (χ1n) is 6.09.